The summed E-state index contributed by atoms with van der Waals surface area (Å²) in [7, 11) is 0. The van der Waals surface area contributed by atoms with E-state index in [4.69, 9.17) is 0 Å². The normalized spacial score (nSPS) is 12.5. The molecule has 1 aliphatic rings. The van der Waals surface area contributed by atoms with Gasteiger partial charge in [0.2, 0.25) is 0 Å². The van der Waals surface area contributed by atoms with E-state index in [0.717, 1.165) is 35.3 Å². The summed E-state index contributed by atoms with van der Waals surface area (Å²) < 4.78 is 0. The van der Waals surface area contributed by atoms with Crippen molar-refractivity contribution in [3.05, 3.63) is 41.7 Å². The fourth-order valence-electron chi connectivity index (χ4n) is 1.78. The molecular weight excluding hydrogens is 218 g/mol. The molecule has 0 amide bonds. The van der Waals surface area contributed by atoms with Gasteiger partial charge in [-0.2, -0.15) is 0 Å². The van der Waals surface area contributed by atoms with Crippen molar-refractivity contribution < 1.29 is 62.0 Å². The summed E-state index contributed by atoms with van der Waals surface area (Å²) in [6, 6.07) is 8.02. The minimum Gasteiger partial charge on any atom is -1.00 e. The number of hydrogen-bond donors (Lipinski definition) is 0. The standard InChI is InChI=1S/C12H10N2.2Na.2H/c1-2-6-10-9(5-1)13-11-7-3-4-8-12(11)14-10;;;;/h1-3,5-7H,4,8H2;;;;/q;2*+1;2*-1. The first-order valence-electron chi connectivity index (χ1n) is 4.86. The van der Waals surface area contributed by atoms with Crippen molar-refractivity contribution in [2.75, 3.05) is 0 Å². The quantitative estimate of drug-likeness (QED) is 0.446. The second kappa shape index (κ2) is 6.29. The Labute approximate surface area is 142 Å². The van der Waals surface area contributed by atoms with Gasteiger partial charge >= 0.3 is 59.1 Å². The summed E-state index contributed by atoms with van der Waals surface area (Å²) in [4.78, 5) is 9.17. The van der Waals surface area contributed by atoms with Crippen molar-refractivity contribution in [1.29, 1.82) is 0 Å². The van der Waals surface area contributed by atoms with Gasteiger partial charge < -0.3 is 2.85 Å². The Morgan fingerprint density at radius 2 is 1.69 bits per heavy atom. The molecule has 72 valence electrons. The van der Waals surface area contributed by atoms with Crippen LogP contribution in [0.2, 0.25) is 0 Å². The summed E-state index contributed by atoms with van der Waals surface area (Å²) in [5.41, 5.74) is 4.15. The monoisotopic (exact) mass is 230 g/mol. The first kappa shape index (κ1) is 14.4. The molecule has 1 aromatic carbocycles. The zero-order valence-electron chi connectivity index (χ0n) is 11.8. The fraction of sp³-hybridized carbons (Fsp3) is 0.167. The Morgan fingerprint density at radius 3 is 2.44 bits per heavy atom. The summed E-state index contributed by atoms with van der Waals surface area (Å²) in [6.45, 7) is 0. The van der Waals surface area contributed by atoms with Crippen molar-refractivity contribution in [3.63, 3.8) is 0 Å². The number of aryl methyl sites for hydroxylation is 1. The zero-order chi connectivity index (χ0) is 9.38. The minimum atomic E-state index is 0. The van der Waals surface area contributed by atoms with Crippen molar-refractivity contribution in [3.8, 4) is 0 Å². The second-order valence-corrected chi connectivity index (χ2v) is 3.49. The molecule has 0 saturated heterocycles. The van der Waals surface area contributed by atoms with Gasteiger partial charge in [0.1, 0.15) is 0 Å². The topological polar surface area (TPSA) is 25.8 Å². The van der Waals surface area contributed by atoms with Gasteiger partial charge in [-0.1, -0.05) is 18.2 Å². The van der Waals surface area contributed by atoms with Crippen LogP contribution in [0.1, 0.15) is 20.7 Å². The van der Waals surface area contributed by atoms with E-state index in [0.29, 0.717) is 0 Å². The van der Waals surface area contributed by atoms with Crippen molar-refractivity contribution in [2.24, 2.45) is 0 Å². The smallest absolute Gasteiger partial charge is 1.00 e. The number of para-hydroxylation sites is 2. The Bertz CT molecular complexity index is 532. The third-order valence-corrected chi connectivity index (χ3v) is 2.50. The van der Waals surface area contributed by atoms with Gasteiger partial charge in [0, 0.05) is 0 Å². The summed E-state index contributed by atoms with van der Waals surface area (Å²) in [5.74, 6) is 0. The summed E-state index contributed by atoms with van der Waals surface area (Å²) in [5, 5.41) is 0. The number of hydrogen-bond acceptors (Lipinski definition) is 2. The molecule has 0 N–H and O–H groups in total. The van der Waals surface area contributed by atoms with Crippen LogP contribution in [0.4, 0.5) is 0 Å². The fourth-order valence-corrected chi connectivity index (χ4v) is 1.78. The molecule has 0 saturated carbocycles. The van der Waals surface area contributed by atoms with Gasteiger partial charge in [-0.05, 0) is 31.1 Å². The third-order valence-electron chi connectivity index (χ3n) is 2.50. The zero-order valence-corrected chi connectivity index (χ0v) is 13.8. The Morgan fingerprint density at radius 1 is 1.00 bits per heavy atom. The van der Waals surface area contributed by atoms with E-state index in [2.05, 4.69) is 22.1 Å². The van der Waals surface area contributed by atoms with Crippen LogP contribution in [0.15, 0.2) is 30.3 Å². The van der Waals surface area contributed by atoms with E-state index in [9.17, 15) is 0 Å². The maximum atomic E-state index is 4.60. The predicted octanol–water partition coefficient (Wildman–Crippen LogP) is -3.18. The average molecular weight is 230 g/mol. The molecule has 16 heavy (non-hydrogen) atoms. The van der Waals surface area contributed by atoms with Crippen LogP contribution in [0.25, 0.3) is 17.1 Å². The third kappa shape index (κ3) is 2.76. The maximum Gasteiger partial charge on any atom is 1.00 e. The summed E-state index contributed by atoms with van der Waals surface area (Å²) >= 11 is 0. The van der Waals surface area contributed by atoms with E-state index in [-0.39, 0.29) is 62.0 Å². The molecule has 2 aromatic rings. The molecule has 0 atom stereocenters. The molecule has 0 radical (unpaired) electrons. The number of nitrogens with zero attached hydrogens (tertiary/aromatic N) is 2. The van der Waals surface area contributed by atoms with E-state index in [1.165, 1.54) is 0 Å². The molecule has 1 heterocycles. The average Bonchev–Trinajstić information content (AvgIpc) is 2.26. The Kier molecular flexibility index (Phi) is 5.65. The van der Waals surface area contributed by atoms with Crippen LogP contribution in [-0.2, 0) is 6.42 Å². The molecule has 0 aliphatic heterocycles. The van der Waals surface area contributed by atoms with Crippen LogP contribution in [0, 0.1) is 0 Å². The largest absolute Gasteiger partial charge is 1.00 e. The molecule has 0 bridgehead atoms. The minimum absolute atomic E-state index is 0. The van der Waals surface area contributed by atoms with E-state index in [1.54, 1.807) is 0 Å². The first-order valence-corrected chi connectivity index (χ1v) is 4.86. The van der Waals surface area contributed by atoms with E-state index >= 15 is 0 Å². The molecule has 1 aliphatic carbocycles. The predicted molar refractivity (Wildman–Crippen MR) is 59.1 cm³/mol. The van der Waals surface area contributed by atoms with Gasteiger partial charge in [-0.15, -0.1) is 0 Å². The number of aromatic nitrogens is 2. The molecule has 0 fully saturated rings. The van der Waals surface area contributed by atoms with Gasteiger partial charge in [-0.25, -0.2) is 9.97 Å². The van der Waals surface area contributed by atoms with E-state index in [1.807, 2.05) is 24.3 Å². The van der Waals surface area contributed by atoms with Crippen molar-refractivity contribution >= 4 is 17.1 Å². The van der Waals surface area contributed by atoms with Gasteiger partial charge in [0.05, 0.1) is 22.4 Å². The van der Waals surface area contributed by atoms with Crippen molar-refractivity contribution in [1.82, 2.24) is 9.97 Å². The van der Waals surface area contributed by atoms with Crippen LogP contribution in [0.5, 0.6) is 0 Å². The number of allylic oxidation sites excluding steroid dienone is 1. The molecular formula is C12H12N2Na2. The number of fused-ring (bicyclic) bond motifs is 2. The van der Waals surface area contributed by atoms with E-state index < -0.39 is 0 Å². The Balaban J connectivity index is 0. The molecule has 3 rings (SSSR count). The van der Waals surface area contributed by atoms with Gasteiger partial charge in [0.25, 0.3) is 0 Å². The maximum absolute atomic E-state index is 4.60. The SMILES string of the molecule is C1=Cc2nc3ccccc3nc2CC1.[H-].[H-].[Na+].[Na+]. The number of benzene rings is 1. The van der Waals surface area contributed by atoms with Crippen molar-refractivity contribution in [2.45, 2.75) is 12.8 Å². The molecule has 1 aromatic heterocycles. The first-order chi connectivity index (χ1) is 6.93. The van der Waals surface area contributed by atoms with Gasteiger partial charge in [-0.3, -0.25) is 0 Å². The van der Waals surface area contributed by atoms with Crippen LogP contribution >= 0.6 is 0 Å². The Hall–Kier alpha value is 0.300. The molecule has 0 spiro atoms. The van der Waals surface area contributed by atoms with Crippen LogP contribution in [0.3, 0.4) is 0 Å². The van der Waals surface area contributed by atoms with Crippen LogP contribution in [-0.4, -0.2) is 9.97 Å². The molecule has 2 nitrogen and oxygen atoms in total. The number of rotatable bonds is 0. The van der Waals surface area contributed by atoms with Gasteiger partial charge in [0.15, 0.2) is 0 Å². The summed E-state index contributed by atoms with van der Waals surface area (Å²) in [6.07, 6.45) is 6.33. The molecule has 4 heteroatoms. The molecule has 0 unspecified atom stereocenters. The second-order valence-electron chi connectivity index (χ2n) is 3.49. The van der Waals surface area contributed by atoms with Crippen LogP contribution < -0.4 is 59.1 Å².